The van der Waals surface area contributed by atoms with Gasteiger partial charge in [-0.1, -0.05) is 55.8 Å². The fourth-order valence-electron chi connectivity index (χ4n) is 4.55. The van der Waals surface area contributed by atoms with Crippen LogP contribution >= 0.6 is 0 Å². The Labute approximate surface area is 213 Å². The summed E-state index contributed by atoms with van der Waals surface area (Å²) in [5.41, 5.74) is 3.18. The highest BCUT2D eigenvalue weighted by atomic mass is 19.4. The second-order valence-electron chi connectivity index (χ2n) is 9.85. The Hall–Kier alpha value is -3.94. The number of aryl methyl sites for hydroxylation is 1. The number of benzene rings is 3. The number of alkyl halides is 3. The van der Waals surface area contributed by atoms with Gasteiger partial charge in [-0.25, -0.2) is 0 Å². The van der Waals surface area contributed by atoms with Crippen molar-refractivity contribution in [3.8, 4) is 11.1 Å². The highest BCUT2D eigenvalue weighted by molar-refractivity contribution is 5.94. The Bertz CT molecular complexity index is 1570. The first-order valence-corrected chi connectivity index (χ1v) is 12.2. The fraction of sp³-hybridized carbons (Fsp3) is 0.276. The Balaban J connectivity index is 1.53. The lowest BCUT2D eigenvalue weighted by Gasteiger charge is -2.28. The summed E-state index contributed by atoms with van der Waals surface area (Å²) in [6.45, 7) is 4.56. The van der Waals surface area contributed by atoms with E-state index in [9.17, 15) is 13.2 Å². The minimum absolute atomic E-state index is 0.233. The zero-order valence-electron chi connectivity index (χ0n) is 21.2. The number of hydrogen-bond acceptors (Lipinski definition) is 4. The molecule has 5 nitrogen and oxygen atoms in total. The quantitative estimate of drug-likeness (QED) is 0.241. The maximum absolute atomic E-state index is 13.5. The van der Waals surface area contributed by atoms with Crippen LogP contribution in [-0.4, -0.2) is 32.8 Å². The molecular weight excluding hydrogens is 475 g/mol. The molecular formula is C29H28F3N5. The Kier molecular flexibility index (Phi) is 6.14. The van der Waals surface area contributed by atoms with Crippen LogP contribution in [0.1, 0.15) is 38.3 Å². The van der Waals surface area contributed by atoms with Crippen molar-refractivity contribution in [1.29, 1.82) is 0 Å². The molecule has 0 radical (unpaired) electrons. The number of anilines is 2. The Morgan fingerprint density at radius 2 is 1.68 bits per heavy atom. The van der Waals surface area contributed by atoms with Gasteiger partial charge in [0, 0.05) is 18.1 Å². The monoisotopic (exact) mass is 503 g/mol. The summed E-state index contributed by atoms with van der Waals surface area (Å²) in [4.78, 5) is 6.79. The number of aromatic nitrogens is 4. The maximum atomic E-state index is 13.5. The zero-order chi connectivity index (χ0) is 26.4. The smallest absolute Gasteiger partial charge is 0.329 e. The predicted molar refractivity (Wildman–Crippen MR) is 141 cm³/mol. The molecule has 2 aromatic heterocycles. The van der Waals surface area contributed by atoms with Gasteiger partial charge in [-0.05, 0) is 66.8 Å². The topological polar surface area (TPSA) is 46.3 Å². The van der Waals surface area contributed by atoms with Crippen LogP contribution in [0.2, 0.25) is 0 Å². The Morgan fingerprint density at radius 3 is 2.38 bits per heavy atom. The molecule has 8 heteroatoms. The third-order valence-electron chi connectivity index (χ3n) is 7.04. The van der Waals surface area contributed by atoms with Crippen molar-refractivity contribution < 1.29 is 13.2 Å². The molecule has 0 amide bonds. The van der Waals surface area contributed by atoms with E-state index in [0.29, 0.717) is 5.78 Å². The van der Waals surface area contributed by atoms with E-state index in [-0.39, 0.29) is 5.56 Å². The average Bonchev–Trinajstić information content (AvgIpc) is 3.36. The van der Waals surface area contributed by atoms with Crippen molar-refractivity contribution in [2.24, 2.45) is 0 Å². The van der Waals surface area contributed by atoms with E-state index >= 15 is 0 Å². The van der Waals surface area contributed by atoms with Crippen molar-refractivity contribution in [3.05, 3.63) is 84.2 Å². The highest BCUT2D eigenvalue weighted by Crippen LogP contribution is 2.41. The number of nitrogens with zero attached hydrogens (tertiary/aromatic N) is 5. The van der Waals surface area contributed by atoms with E-state index in [4.69, 9.17) is 4.98 Å². The predicted octanol–water partition coefficient (Wildman–Crippen LogP) is 7.50. The summed E-state index contributed by atoms with van der Waals surface area (Å²) in [6.07, 6.45) is -0.617. The minimum atomic E-state index is -4.32. The standard InChI is InChI=1S/C29H28F3N5/c1-5-7-19-10-15-24-25(16-19)37-18-33-35-27(37)34-26(24)36(4)23-9-6-8-21(17-23)20-11-13-22(14-12-20)28(2,3)29(30,31)32/h6,8-18H,5,7H2,1-4H3. The van der Waals surface area contributed by atoms with Gasteiger partial charge >= 0.3 is 6.18 Å². The first kappa shape index (κ1) is 24.7. The van der Waals surface area contributed by atoms with E-state index in [1.165, 1.54) is 19.4 Å². The van der Waals surface area contributed by atoms with Crippen LogP contribution in [-0.2, 0) is 11.8 Å². The molecule has 0 saturated heterocycles. The van der Waals surface area contributed by atoms with Crippen LogP contribution < -0.4 is 4.90 Å². The molecule has 0 N–H and O–H groups in total. The molecule has 190 valence electrons. The van der Waals surface area contributed by atoms with Gasteiger partial charge in [-0.2, -0.15) is 18.2 Å². The van der Waals surface area contributed by atoms with Crippen molar-refractivity contribution in [2.45, 2.75) is 45.2 Å². The van der Waals surface area contributed by atoms with Gasteiger partial charge in [0.05, 0.1) is 10.9 Å². The second kappa shape index (κ2) is 9.18. The summed E-state index contributed by atoms with van der Waals surface area (Å²) in [5.74, 6) is 1.26. The SMILES string of the molecule is CCCc1ccc2c(N(C)c3cccc(-c4ccc(C(C)(C)C(F)(F)F)cc4)c3)nc3nncn3c2c1. The molecule has 5 rings (SSSR count). The highest BCUT2D eigenvalue weighted by Gasteiger charge is 2.48. The molecule has 0 atom stereocenters. The van der Waals surface area contributed by atoms with Gasteiger partial charge in [0.25, 0.3) is 5.78 Å². The molecule has 0 saturated carbocycles. The second-order valence-corrected chi connectivity index (χ2v) is 9.85. The molecule has 0 bridgehead atoms. The van der Waals surface area contributed by atoms with Crippen molar-refractivity contribution in [1.82, 2.24) is 19.6 Å². The summed E-state index contributed by atoms with van der Waals surface area (Å²) in [5, 5.41) is 9.21. The van der Waals surface area contributed by atoms with E-state index in [1.807, 2.05) is 40.6 Å². The van der Waals surface area contributed by atoms with Gasteiger partial charge in [-0.3, -0.25) is 4.40 Å². The van der Waals surface area contributed by atoms with Gasteiger partial charge in [-0.15, -0.1) is 10.2 Å². The molecule has 37 heavy (non-hydrogen) atoms. The molecule has 5 aromatic rings. The molecule has 0 aliphatic heterocycles. The van der Waals surface area contributed by atoms with Crippen molar-refractivity contribution >= 4 is 28.2 Å². The van der Waals surface area contributed by atoms with Crippen LogP contribution in [0.3, 0.4) is 0 Å². The molecule has 0 spiro atoms. The van der Waals surface area contributed by atoms with Gasteiger partial charge in [0.1, 0.15) is 12.1 Å². The molecule has 3 aromatic carbocycles. The zero-order valence-corrected chi connectivity index (χ0v) is 21.2. The minimum Gasteiger partial charge on any atom is -0.329 e. The molecule has 0 aliphatic rings. The summed E-state index contributed by atoms with van der Waals surface area (Å²) in [7, 11) is 1.95. The van der Waals surface area contributed by atoms with Crippen molar-refractivity contribution in [2.75, 3.05) is 11.9 Å². The summed E-state index contributed by atoms with van der Waals surface area (Å²) >= 11 is 0. The van der Waals surface area contributed by atoms with E-state index in [1.54, 1.807) is 30.6 Å². The van der Waals surface area contributed by atoms with Crippen LogP contribution in [0.15, 0.2) is 73.1 Å². The van der Waals surface area contributed by atoms with E-state index in [0.717, 1.165) is 46.4 Å². The molecule has 0 fully saturated rings. The Morgan fingerprint density at radius 1 is 0.919 bits per heavy atom. The lowest BCUT2D eigenvalue weighted by atomic mass is 9.83. The number of hydrogen-bond donors (Lipinski definition) is 0. The van der Waals surface area contributed by atoms with Crippen LogP contribution in [0.4, 0.5) is 24.7 Å². The number of halogens is 3. The van der Waals surface area contributed by atoms with Gasteiger partial charge in [0.15, 0.2) is 0 Å². The third-order valence-corrected chi connectivity index (χ3v) is 7.04. The summed E-state index contributed by atoms with van der Waals surface area (Å²) in [6, 6.07) is 20.9. The number of rotatable bonds is 6. The molecule has 2 heterocycles. The first-order chi connectivity index (χ1) is 17.6. The maximum Gasteiger partial charge on any atom is 0.397 e. The van der Waals surface area contributed by atoms with E-state index in [2.05, 4.69) is 35.3 Å². The normalized spacial score (nSPS) is 12.4. The first-order valence-electron chi connectivity index (χ1n) is 12.2. The van der Waals surface area contributed by atoms with Gasteiger partial charge < -0.3 is 4.90 Å². The summed E-state index contributed by atoms with van der Waals surface area (Å²) < 4.78 is 42.3. The molecule has 0 aliphatic carbocycles. The average molecular weight is 504 g/mol. The lowest BCUT2D eigenvalue weighted by molar-refractivity contribution is -0.180. The van der Waals surface area contributed by atoms with Crippen LogP contribution in [0, 0.1) is 0 Å². The largest absolute Gasteiger partial charge is 0.397 e. The van der Waals surface area contributed by atoms with Crippen LogP contribution in [0.5, 0.6) is 0 Å². The van der Waals surface area contributed by atoms with Crippen molar-refractivity contribution in [3.63, 3.8) is 0 Å². The number of fused-ring (bicyclic) bond motifs is 3. The fourth-order valence-corrected chi connectivity index (χ4v) is 4.55. The van der Waals surface area contributed by atoms with Gasteiger partial charge in [0.2, 0.25) is 0 Å². The van der Waals surface area contributed by atoms with E-state index < -0.39 is 11.6 Å². The lowest BCUT2D eigenvalue weighted by Crippen LogP contribution is -2.36. The third kappa shape index (κ3) is 4.41. The molecule has 0 unspecified atom stereocenters. The van der Waals surface area contributed by atoms with Crippen LogP contribution in [0.25, 0.3) is 27.8 Å².